The molecule has 0 saturated carbocycles. The summed E-state index contributed by atoms with van der Waals surface area (Å²) in [5.74, 6) is -2.00. The predicted octanol–water partition coefficient (Wildman–Crippen LogP) is -0.0980. The van der Waals surface area contributed by atoms with Crippen molar-refractivity contribution in [2.75, 3.05) is 14.2 Å². The lowest BCUT2D eigenvalue weighted by Crippen LogP contribution is -2.37. The Balaban J connectivity index is 2.24. The Kier molecular flexibility index (Phi) is 2.48. The molecule has 2 aliphatic heterocycles. The molecule has 0 aromatic rings. The minimum absolute atomic E-state index is 0.355. The molecule has 0 radical (unpaired) electrons. The Morgan fingerprint density at radius 1 is 1.00 bits per heavy atom. The fourth-order valence-electron chi connectivity index (χ4n) is 2.14. The van der Waals surface area contributed by atoms with Crippen LogP contribution in [0.25, 0.3) is 0 Å². The van der Waals surface area contributed by atoms with E-state index < -0.39 is 23.8 Å². The quantitative estimate of drug-likeness (QED) is 0.472. The van der Waals surface area contributed by atoms with Crippen LogP contribution < -0.4 is 0 Å². The number of ether oxygens (including phenoxy) is 3. The third-order valence-electron chi connectivity index (χ3n) is 2.85. The van der Waals surface area contributed by atoms with Gasteiger partial charge >= 0.3 is 11.9 Å². The van der Waals surface area contributed by atoms with Gasteiger partial charge in [-0.1, -0.05) is 12.2 Å². The minimum atomic E-state index is -0.572. The van der Waals surface area contributed by atoms with Crippen molar-refractivity contribution in [2.45, 2.75) is 12.2 Å². The molecule has 4 unspecified atom stereocenters. The normalized spacial score (nSPS) is 36.7. The molecule has 0 spiro atoms. The Labute approximate surface area is 87.0 Å². The molecule has 0 aromatic carbocycles. The first kappa shape index (κ1) is 10.2. The third-order valence-corrected chi connectivity index (χ3v) is 2.85. The molecule has 5 heteroatoms. The largest absolute Gasteiger partial charge is 0.469 e. The van der Waals surface area contributed by atoms with Gasteiger partial charge in [0, 0.05) is 0 Å². The second-order valence-electron chi connectivity index (χ2n) is 3.55. The van der Waals surface area contributed by atoms with Crippen molar-refractivity contribution in [1.29, 1.82) is 0 Å². The molecule has 15 heavy (non-hydrogen) atoms. The molecule has 2 bridgehead atoms. The molecule has 4 atom stereocenters. The number of hydrogen-bond donors (Lipinski definition) is 0. The Morgan fingerprint density at radius 2 is 1.40 bits per heavy atom. The average molecular weight is 212 g/mol. The van der Waals surface area contributed by atoms with Crippen LogP contribution in [0.15, 0.2) is 12.2 Å². The third kappa shape index (κ3) is 1.43. The highest BCUT2D eigenvalue weighted by Gasteiger charge is 2.54. The Hall–Kier alpha value is -1.36. The van der Waals surface area contributed by atoms with Crippen LogP contribution in [0, 0.1) is 11.8 Å². The molecule has 0 amide bonds. The lowest BCUT2D eigenvalue weighted by Gasteiger charge is -2.20. The topological polar surface area (TPSA) is 61.8 Å². The van der Waals surface area contributed by atoms with Crippen molar-refractivity contribution in [3.63, 3.8) is 0 Å². The van der Waals surface area contributed by atoms with Crippen LogP contribution in [0.5, 0.6) is 0 Å². The van der Waals surface area contributed by atoms with E-state index in [9.17, 15) is 9.59 Å². The molecule has 0 aliphatic carbocycles. The second-order valence-corrected chi connectivity index (χ2v) is 3.55. The summed E-state index contributed by atoms with van der Waals surface area (Å²) in [5.41, 5.74) is 0. The number of fused-ring (bicyclic) bond motifs is 2. The molecule has 2 rings (SSSR count). The summed E-state index contributed by atoms with van der Waals surface area (Å²) in [6.07, 6.45) is 2.86. The summed E-state index contributed by atoms with van der Waals surface area (Å²) in [5, 5.41) is 0. The Morgan fingerprint density at radius 3 is 1.73 bits per heavy atom. The van der Waals surface area contributed by atoms with Gasteiger partial charge in [0.25, 0.3) is 0 Å². The van der Waals surface area contributed by atoms with E-state index in [-0.39, 0.29) is 12.2 Å². The van der Waals surface area contributed by atoms with E-state index in [0.29, 0.717) is 0 Å². The highest BCUT2D eigenvalue weighted by molar-refractivity contribution is 5.84. The van der Waals surface area contributed by atoms with E-state index in [4.69, 9.17) is 4.74 Å². The zero-order valence-corrected chi connectivity index (χ0v) is 8.51. The molecular weight excluding hydrogens is 200 g/mol. The Bertz CT molecular complexity index is 292. The average Bonchev–Trinajstić information content (AvgIpc) is 2.86. The number of hydrogen-bond acceptors (Lipinski definition) is 5. The second kappa shape index (κ2) is 3.66. The highest BCUT2D eigenvalue weighted by Crippen LogP contribution is 2.40. The van der Waals surface area contributed by atoms with Crippen molar-refractivity contribution in [3.05, 3.63) is 12.2 Å². The van der Waals surface area contributed by atoms with Crippen LogP contribution in [-0.4, -0.2) is 38.4 Å². The number of esters is 2. The SMILES string of the molecule is COC(=O)C1C2C=CC(O2)C1C(=O)OC. The van der Waals surface area contributed by atoms with Crippen LogP contribution in [0.3, 0.4) is 0 Å². The van der Waals surface area contributed by atoms with Gasteiger partial charge in [-0.15, -0.1) is 0 Å². The predicted molar refractivity (Wildman–Crippen MR) is 48.8 cm³/mol. The first-order valence-electron chi connectivity index (χ1n) is 4.68. The summed E-state index contributed by atoms with van der Waals surface area (Å²) in [7, 11) is 2.60. The smallest absolute Gasteiger partial charge is 0.312 e. The zero-order chi connectivity index (χ0) is 11.0. The molecule has 82 valence electrons. The van der Waals surface area contributed by atoms with Crippen molar-refractivity contribution >= 4 is 11.9 Å². The summed E-state index contributed by atoms with van der Waals surface area (Å²) >= 11 is 0. The van der Waals surface area contributed by atoms with E-state index in [1.54, 1.807) is 12.2 Å². The number of methoxy groups -OCH3 is 2. The van der Waals surface area contributed by atoms with Gasteiger partial charge in [-0.3, -0.25) is 9.59 Å². The molecule has 1 saturated heterocycles. The van der Waals surface area contributed by atoms with Crippen LogP contribution in [0.2, 0.25) is 0 Å². The van der Waals surface area contributed by atoms with Gasteiger partial charge in [-0.2, -0.15) is 0 Å². The molecule has 2 heterocycles. The molecule has 0 N–H and O–H groups in total. The summed E-state index contributed by atoms with van der Waals surface area (Å²) in [4.78, 5) is 23.0. The fourth-order valence-corrected chi connectivity index (χ4v) is 2.14. The minimum Gasteiger partial charge on any atom is -0.469 e. The van der Waals surface area contributed by atoms with E-state index in [0.717, 1.165) is 0 Å². The van der Waals surface area contributed by atoms with E-state index >= 15 is 0 Å². The molecule has 1 fully saturated rings. The number of carbonyl (C=O) groups is 2. The maximum atomic E-state index is 11.5. The van der Waals surface area contributed by atoms with Crippen LogP contribution >= 0.6 is 0 Å². The first-order chi connectivity index (χ1) is 7.19. The van der Waals surface area contributed by atoms with Gasteiger partial charge in [0.1, 0.15) is 11.8 Å². The molecule has 5 nitrogen and oxygen atoms in total. The van der Waals surface area contributed by atoms with Crippen LogP contribution in [0.1, 0.15) is 0 Å². The summed E-state index contributed by atoms with van der Waals surface area (Å²) < 4.78 is 14.7. The van der Waals surface area contributed by atoms with Gasteiger partial charge < -0.3 is 14.2 Å². The highest BCUT2D eigenvalue weighted by atomic mass is 16.6. The van der Waals surface area contributed by atoms with Gasteiger partial charge in [0.15, 0.2) is 0 Å². The lowest BCUT2D eigenvalue weighted by molar-refractivity contribution is -0.156. The van der Waals surface area contributed by atoms with Gasteiger partial charge in [-0.25, -0.2) is 0 Å². The van der Waals surface area contributed by atoms with Gasteiger partial charge in [0.2, 0.25) is 0 Å². The van der Waals surface area contributed by atoms with Crippen molar-refractivity contribution in [2.24, 2.45) is 11.8 Å². The van der Waals surface area contributed by atoms with Gasteiger partial charge in [-0.05, 0) is 0 Å². The first-order valence-corrected chi connectivity index (χ1v) is 4.68. The van der Waals surface area contributed by atoms with E-state index in [1.807, 2.05) is 0 Å². The maximum absolute atomic E-state index is 11.5. The van der Waals surface area contributed by atoms with E-state index in [1.165, 1.54) is 14.2 Å². The maximum Gasteiger partial charge on any atom is 0.312 e. The number of rotatable bonds is 2. The molecule has 2 aliphatic rings. The van der Waals surface area contributed by atoms with Crippen molar-refractivity contribution < 1.29 is 23.8 Å². The fraction of sp³-hybridized carbons (Fsp3) is 0.600. The number of carbonyl (C=O) groups excluding carboxylic acids is 2. The standard InChI is InChI=1S/C10H12O5/c1-13-9(11)7-5-3-4-6(15-5)8(7)10(12)14-2/h3-8H,1-2H3. The van der Waals surface area contributed by atoms with Crippen molar-refractivity contribution in [1.82, 2.24) is 0 Å². The lowest BCUT2D eigenvalue weighted by atomic mass is 9.83. The summed E-state index contributed by atoms with van der Waals surface area (Å²) in [6, 6.07) is 0. The summed E-state index contributed by atoms with van der Waals surface area (Å²) in [6.45, 7) is 0. The van der Waals surface area contributed by atoms with Crippen LogP contribution in [0.4, 0.5) is 0 Å². The van der Waals surface area contributed by atoms with E-state index in [2.05, 4.69) is 9.47 Å². The monoisotopic (exact) mass is 212 g/mol. The van der Waals surface area contributed by atoms with Crippen molar-refractivity contribution in [3.8, 4) is 0 Å². The van der Waals surface area contributed by atoms with Crippen LogP contribution in [-0.2, 0) is 23.8 Å². The zero-order valence-electron chi connectivity index (χ0n) is 8.51. The molecular formula is C10H12O5. The molecule has 0 aromatic heterocycles. The van der Waals surface area contributed by atoms with Gasteiger partial charge in [0.05, 0.1) is 26.4 Å².